The minimum absolute atomic E-state index is 0.0164. The average Bonchev–Trinajstić information content (AvgIpc) is 2.92. The molecule has 1 fully saturated rings. The van der Waals surface area contributed by atoms with E-state index in [0.29, 0.717) is 13.1 Å². The number of aromatic nitrogens is 1. The van der Waals surface area contributed by atoms with Crippen LogP contribution >= 0.6 is 15.9 Å². The lowest BCUT2D eigenvalue weighted by atomic mass is 9.93. The van der Waals surface area contributed by atoms with Crippen molar-refractivity contribution in [2.24, 2.45) is 0 Å². The Labute approximate surface area is 162 Å². The van der Waals surface area contributed by atoms with E-state index in [1.54, 1.807) is 11.8 Å². The Hall–Kier alpha value is -1.82. The van der Waals surface area contributed by atoms with Gasteiger partial charge in [0.2, 0.25) is 5.91 Å². The van der Waals surface area contributed by atoms with Crippen molar-refractivity contribution in [2.45, 2.75) is 52.1 Å². The van der Waals surface area contributed by atoms with Gasteiger partial charge in [-0.1, -0.05) is 22.0 Å². The second kappa shape index (κ2) is 7.06. The molecule has 140 valence electrons. The summed E-state index contributed by atoms with van der Waals surface area (Å²) < 4.78 is 8.23. The molecule has 1 aromatic heterocycles. The van der Waals surface area contributed by atoms with Crippen LogP contribution in [0.4, 0.5) is 4.79 Å². The Morgan fingerprint density at radius 2 is 1.81 bits per heavy atom. The highest BCUT2D eigenvalue weighted by Crippen LogP contribution is 2.34. The number of halogens is 1. The molecule has 2 aromatic rings. The normalized spacial score (nSPS) is 16.1. The molecule has 0 unspecified atom stereocenters. The topological polar surface area (TPSA) is 51.5 Å². The first-order valence-corrected chi connectivity index (χ1v) is 9.75. The number of ether oxygens (including phenoxy) is 1. The molecule has 0 bridgehead atoms. The van der Waals surface area contributed by atoms with Crippen molar-refractivity contribution < 1.29 is 14.3 Å². The van der Waals surface area contributed by atoms with Gasteiger partial charge in [-0.15, -0.1) is 0 Å². The number of hydrogen-bond donors (Lipinski definition) is 0. The maximum atomic E-state index is 12.3. The monoisotopic (exact) mass is 420 g/mol. The van der Waals surface area contributed by atoms with E-state index < -0.39 is 5.60 Å². The molecule has 1 aliphatic rings. The molecule has 2 heterocycles. The SMILES string of the molecule is CC(=O)n1c(C2CCN(C(=O)OC(C)(C)C)CC2)cc2ccc(Br)cc21. The molecule has 3 rings (SSSR count). The van der Waals surface area contributed by atoms with E-state index in [1.165, 1.54) is 0 Å². The van der Waals surface area contributed by atoms with E-state index in [9.17, 15) is 9.59 Å². The summed E-state index contributed by atoms with van der Waals surface area (Å²) in [6.45, 7) is 8.51. The molecule has 6 heteroatoms. The fourth-order valence-electron chi connectivity index (χ4n) is 3.53. The van der Waals surface area contributed by atoms with Gasteiger partial charge in [-0.05, 0) is 51.8 Å². The predicted molar refractivity (Wildman–Crippen MR) is 106 cm³/mol. The molecule has 5 nitrogen and oxygen atoms in total. The van der Waals surface area contributed by atoms with E-state index in [2.05, 4.69) is 22.0 Å². The second-order valence-corrected chi connectivity index (χ2v) is 8.78. The lowest BCUT2D eigenvalue weighted by molar-refractivity contribution is 0.0203. The molecule has 0 aliphatic carbocycles. The third-order valence-electron chi connectivity index (χ3n) is 4.67. The Kier molecular flexibility index (Phi) is 5.15. The Morgan fingerprint density at radius 3 is 2.38 bits per heavy atom. The van der Waals surface area contributed by atoms with Crippen LogP contribution in [-0.2, 0) is 4.74 Å². The highest BCUT2D eigenvalue weighted by Gasteiger charge is 2.29. The number of rotatable bonds is 1. The lowest BCUT2D eigenvalue weighted by Crippen LogP contribution is -2.41. The standard InChI is InChI=1S/C20H25BrN2O3/c1-13(24)23-17(11-15-5-6-16(21)12-18(15)23)14-7-9-22(10-8-14)19(25)26-20(2,3)4/h5-6,11-12,14H,7-10H2,1-4H3. The molecule has 1 aromatic carbocycles. The maximum Gasteiger partial charge on any atom is 0.410 e. The second-order valence-electron chi connectivity index (χ2n) is 7.87. The zero-order valence-electron chi connectivity index (χ0n) is 15.7. The lowest BCUT2D eigenvalue weighted by Gasteiger charge is -2.33. The van der Waals surface area contributed by atoms with Crippen LogP contribution in [0.15, 0.2) is 28.7 Å². The van der Waals surface area contributed by atoms with Crippen LogP contribution < -0.4 is 0 Å². The smallest absolute Gasteiger partial charge is 0.410 e. The maximum absolute atomic E-state index is 12.3. The number of amides is 1. The number of nitrogens with zero attached hydrogens (tertiary/aromatic N) is 2. The molecule has 0 radical (unpaired) electrons. The molecular weight excluding hydrogens is 396 g/mol. The third-order valence-corrected chi connectivity index (χ3v) is 5.17. The van der Waals surface area contributed by atoms with Gasteiger partial charge < -0.3 is 9.64 Å². The van der Waals surface area contributed by atoms with Gasteiger partial charge >= 0.3 is 6.09 Å². The molecule has 0 spiro atoms. The van der Waals surface area contributed by atoms with Gasteiger partial charge in [0.1, 0.15) is 5.60 Å². The predicted octanol–water partition coefficient (Wildman–Crippen LogP) is 5.18. The van der Waals surface area contributed by atoms with Gasteiger partial charge in [0.15, 0.2) is 0 Å². The van der Waals surface area contributed by atoms with E-state index in [4.69, 9.17) is 4.74 Å². The largest absolute Gasteiger partial charge is 0.444 e. The summed E-state index contributed by atoms with van der Waals surface area (Å²) in [6, 6.07) is 8.10. The Bertz CT molecular complexity index is 843. The molecule has 1 amide bonds. The minimum atomic E-state index is -0.484. The summed E-state index contributed by atoms with van der Waals surface area (Å²) in [5.74, 6) is 0.270. The number of carbonyl (C=O) groups is 2. The molecule has 0 N–H and O–H groups in total. The van der Waals surface area contributed by atoms with Gasteiger partial charge in [-0.2, -0.15) is 0 Å². The Morgan fingerprint density at radius 1 is 1.15 bits per heavy atom. The number of benzene rings is 1. The van der Waals surface area contributed by atoms with Crippen molar-refractivity contribution in [1.29, 1.82) is 0 Å². The Balaban J connectivity index is 1.80. The summed E-state index contributed by atoms with van der Waals surface area (Å²) in [7, 11) is 0. The summed E-state index contributed by atoms with van der Waals surface area (Å²) in [4.78, 5) is 26.3. The van der Waals surface area contributed by atoms with Crippen LogP contribution in [0, 0.1) is 0 Å². The van der Waals surface area contributed by atoms with E-state index in [-0.39, 0.29) is 17.9 Å². The van der Waals surface area contributed by atoms with Crippen molar-refractivity contribution >= 4 is 38.8 Å². The quantitative estimate of drug-likeness (QED) is 0.638. The molecular formula is C20H25BrN2O3. The first-order chi connectivity index (χ1) is 12.2. The van der Waals surface area contributed by atoms with Gasteiger partial charge in [-0.3, -0.25) is 9.36 Å². The third kappa shape index (κ3) is 3.95. The first kappa shape index (κ1) is 19.0. The van der Waals surface area contributed by atoms with Crippen LogP contribution in [-0.4, -0.2) is 40.2 Å². The van der Waals surface area contributed by atoms with E-state index in [0.717, 1.165) is 33.9 Å². The molecule has 0 saturated carbocycles. The van der Waals surface area contributed by atoms with Crippen molar-refractivity contribution in [3.05, 3.63) is 34.4 Å². The number of hydrogen-bond acceptors (Lipinski definition) is 3. The molecule has 26 heavy (non-hydrogen) atoms. The fraction of sp³-hybridized carbons (Fsp3) is 0.500. The van der Waals surface area contributed by atoms with Crippen molar-refractivity contribution in [3.63, 3.8) is 0 Å². The molecule has 1 saturated heterocycles. The van der Waals surface area contributed by atoms with Crippen LogP contribution in [0.5, 0.6) is 0 Å². The minimum Gasteiger partial charge on any atom is -0.444 e. The van der Waals surface area contributed by atoms with Crippen LogP contribution in [0.1, 0.15) is 56.9 Å². The van der Waals surface area contributed by atoms with Gasteiger partial charge in [0.25, 0.3) is 0 Å². The van der Waals surface area contributed by atoms with Crippen molar-refractivity contribution in [2.75, 3.05) is 13.1 Å². The highest BCUT2D eigenvalue weighted by molar-refractivity contribution is 9.10. The zero-order chi connectivity index (χ0) is 19.1. The molecule has 0 atom stereocenters. The highest BCUT2D eigenvalue weighted by atomic mass is 79.9. The zero-order valence-corrected chi connectivity index (χ0v) is 17.3. The van der Waals surface area contributed by atoms with Crippen LogP contribution in [0.2, 0.25) is 0 Å². The van der Waals surface area contributed by atoms with Crippen LogP contribution in [0.3, 0.4) is 0 Å². The van der Waals surface area contributed by atoms with Gasteiger partial charge in [-0.25, -0.2) is 4.79 Å². The number of piperidine rings is 1. The van der Waals surface area contributed by atoms with Crippen molar-refractivity contribution in [3.8, 4) is 0 Å². The van der Waals surface area contributed by atoms with Gasteiger partial charge in [0, 0.05) is 41.5 Å². The van der Waals surface area contributed by atoms with Crippen LogP contribution in [0.25, 0.3) is 10.9 Å². The van der Waals surface area contributed by atoms with E-state index in [1.807, 2.05) is 43.5 Å². The summed E-state index contributed by atoms with van der Waals surface area (Å²) in [5, 5.41) is 1.06. The van der Waals surface area contributed by atoms with Gasteiger partial charge in [0.05, 0.1) is 5.52 Å². The molecule has 1 aliphatic heterocycles. The summed E-state index contributed by atoms with van der Waals surface area (Å²) in [5.41, 5.74) is 1.48. The number of fused-ring (bicyclic) bond motifs is 1. The van der Waals surface area contributed by atoms with E-state index >= 15 is 0 Å². The number of carbonyl (C=O) groups excluding carboxylic acids is 2. The average molecular weight is 421 g/mol. The summed E-state index contributed by atoms with van der Waals surface area (Å²) >= 11 is 3.49. The number of likely N-dealkylation sites (tertiary alicyclic amines) is 1. The summed E-state index contributed by atoms with van der Waals surface area (Å²) in [6.07, 6.45) is 1.39. The first-order valence-electron chi connectivity index (χ1n) is 8.95. The van der Waals surface area contributed by atoms with Crippen molar-refractivity contribution in [1.82, 2.24) is 9.47 Å². The fourth-order valence-corrected chi connectivity index (χ4v) is 3.88.